The third kappa shape index (κ3) is 3.60. The van der Waals surface area contributed by atoms with Crippen LogP contribution in [0.1, 0.15) is 27.2 Å². The lowest BCUT2D eigenvalue weighted by Gasteiger charge is -2.10. The molecular weight excluding hydrogens is 352 g/mol. The van der Waals surface area contributed by atoms with E-state index in [1.54, 1.807) is 24.5 Å². The Bertz CT molecular complexity index is 995. The van der Waals surface area contributed by atoms with Gasteiger partial charge in [-0.05, 0) is 43.2 Å². The highest BCUT2D eigenvalue weighted by Crippen LogP contribution is 2.22. The number of nitrogens with zero attached hydrogens (tertiary/aromatic N) is 3. The number of aromatic nitrogens is 2. The van der Waals surface area contributed by atoms with Crippen molar-refractivity contribution in [2.45, 2.75) is 13.8 Å². The van der Waals surface area contributed by atoms with Crippen LogP contribution >= 0.6 is 11.6 Å². The lowest BCUT2D eigenvalue weighted by Crippen LogP contribution is -2.04. The van der Waals surface area contributed by atoms with Crippen LogP contribution in [0, 0.1) is 13.8 Å². The molecule has 0 spiro atoms. The first-order valence-corrected chi connectivity index (χ1v) is 8.27. The van der Waals surface area contributed by atoms with Crippen LogP contribution in [-0.4, -0.2) is 26.8 Å². The van der Waals surface area contributed by atoms with E-state index in [4.69, 9.17) is 11.6 Å². The van der Waals surface area contributed by atoms with Crippen molar-refractivity contribution in [1.29, 1.82) is 0 Å². The molecule has 0 amide bonds. The van der Waals surface area contributed by atoms with E-state index in [1.807, 2.05) is 36.6 Å². The molecule has 7 heteroatoms. The molecule has 1 heterocycles. The molecule has 3 rings (SSSR count). The number of benzene rings is 2. The second kappa shape index (κ2) is 7.41. The number of rotatable bonds is 5. The molecule has 2 N–H and O–H groups in total. The molecule has 6 nitrogen and oxygen atoms in total. The van der Waals surface area contributed by atoms with E-state index >= 15 is 0 Å². The van der Waals surface area contributed by atoms with Gasteiger partial charge in [-0.25, -0.2) is 9.78 Å². The number of imidazole rings is 1. The molecule has 0 radical (unpaired) electrons. The molecule has 1 aromatic heterocycles. The van der Waals surface area contributed by atoms with E-state index in [0.717, 1.165) is 16.8 Å². The predicted octanol–water partition coefficient (Wildman–Crippen LogP) is 4.29. The Kier molecular flexibility index (Phi) is 5.04. The van der Waals surface area contributed by atoms with Crippen LogP contribution in [0.25, 0.3) is 5.69 Å². The minimum atomic E-state index is -1.03. The van der Waals surface area contributed by atoms with Crippen LogP contribution < -0.4 is 5.43 Å². The van der Waals surface area contributed by atoms with Crippen molar-refractivity contribution in [2.75, 3.05) is 5.43 Å². The maximum atomic E-state index is 11.2. The number of carboxylic acid groups (broad SMARTS) is 1. The molecule has 2 aromatic carbocycles. The number of para-hydroxylation sites is 1. The molecule has 3 aromatic rings. The molecular formula is C19H17ClN4O2. The smallest absolute Gasteiger partial charge is 0.337 e. The van der Waals surface area contributed by atoms with E-state index in [2.05, 4.69) is 15.5 Å². The molecule has 0 fully saturated rings. The molecule has 0 atom stereocenters. The van der Waals surface area contributed by atoms with Crippen molar-refractivity contribution in [3.8, 4) is 5.69 Å². The number of hydrazone groups is 1. The number of aryl methyl sites for hydroxylation is 2. The third-order valence-electron chi connectivity index (χ3n) is 3.91. The Morgan fingerprint density at radius 2 is 2.04 bits per heavy atom. The normalized spacial score (nSPS) is 11.0. The molecule has 132 valence electrons. The van der Waals surface area contributed by atoms with E-state index in [-0.39, 0.29) is 5.56 Å². The monoisotopic (exact) mass is 368 g/mol. The first-order valence-electron chi connectivity index (χ1n) is 7.89. The zero-order chi connectivity index (χ0) is 18.7. The zero-order valence-corrected chi connectivity index (χ0v) is 15.0. The summed E-state index contributed by atoms with van der Waals surface area (Å²) in [4.78, 5) is 15.4. The number of carboxylic acids is 1. The van der Waals surface area contributed by atoms with Crippen molar-refractivity contribution in [3.05, 3.63) is 76.3 Å². The summed E-state index contributed by atoms with van der Waals surface area (Å²) in [6, 6.07) is 12.6. The summed E-state index contributed by atoms with van der Waals surface area (Å²) in [5.74, 6) is -1.03. The molecule has 26 heavy (non-hydrogen) atoms. The summed E-state index contributed by atoms with van der Waals surface area (Å²) < 4.78 is 1.85. The number of nitrogens with one attached hydrogen (secondary N) is 1. The largest absolute Gasteiger partial charge is 0.478 e. The Morgan fingerprint density at radius 3 is 2.81 bits per heavy atom. The quantitative estimate of drug-likeness (QED) is 0.520. The van der Waals surface area contributed by atoms with Crippen LogP contribution in [0.5, 0.6) is 0 Å². The summed E-state index contributed by atoms with van der Waals surface area (Å²) in [5.41, 5.74) is 7.03. The number of anilines is 1. The van der Waals surface area contributed by atoms with Crippen molar-refractivity contribution in [1.82, 2.24) is 9.55 Å². The average Bonchev–Trinajstić information content (AvgIpc) is 2.98. The fourth-order valence-electron chi connectivity index (χ4n) is 2.55. The Labute approximate surface area is 155 Å². The van der Waals surface area contributed by atoms with Gasteiger partial charge in [-0.1, -0.05) is 35.9 Å². The molecule has 0 aliphatic rings. The lowest BCUT2D eigenvalue weighted by atomic mass is 10.1. The van der Waals surface area contributed by atoms with Crippen LogP contribution in [0.3, 0.4) is 0 Å². The number of halogens is 1. The number of hydrogen-bond acceptors (Lipinski definition) is 4. The first kappa shape index (κ1) is 17.7. The summed E-state index contributed by atoms with van der Waals surface area (Å²) in [7, 11) is 0. The molecule has 0 aliphatic carbocycles. The van der Waals surface area contributed by atoms with Crippen molar-refractivity contribution in [2.24, 2.45) is 5.10 Å². The number of carbonyl (C=O) groups is 1. The van der Waals surface area contributed by atoms with Gasteiger partial charge in [-0.2, -0.15) is 5.10 Å². The molecule has 0 saturated heterocycles. The van der Waals surface area contributed by atoms with Gasteiger partial charge in [0.25, 0.3) is 0 Å². The fourth-order valence-corrected chi connectivity index (χ4v) is 2.74. The average molecular weight is 369 g/mol. The topological polar surface area (TPSA) is 79.5 Å². The third-order valence-corrected chi connectivity index (χ3v) is 4.20. The van der Waals surface area contributed by atoms with Gasteiger partial charge in [-0.3, -0.25) is 9.99 Å². The van der Waals surface area contributed by atoms with Gasteiger partial charge < -0.3 is 5.11 Å². The summed E-state index contributed by atoms with van der Waals surface area (Å²) in [6.07, 6.45) is 3.16. The van der Waals surface area contributed by atoms with Crippen LogP contribution in [0.4, 0.5) is 5.69 Å². The molecule has 0 unspecified atom stereocenters. The van der Waals surface area contributed by atoms with E-state index < -0.39 is 5.97 Å². The van der Waals surface area contributed by atoms with E-state index in [0.29, 0.717) is 16.5 Å². The van der Waals surface area contributed by atoms with Crippen molar-refractivity contribution < 1.29 is 9.90 Å². The lowest BCUT2D eigenvalue weighted by molar-refractivity contribution is 0.0698. The maximum absolute atomic E-state index is 11.2. The molecule has 0 aliphatic heterocycles. The van der Waals surface area contributed by atoms with E-state index in [1.165, 1.54) is 12.3 Å². The minimum Gasteiger partial charge on any atom is -0.478 e. The van der Waals surface area contributed by atoms with Crippen molar-refractivity contribution in [3.63, 3.8) is 0 Å². The van der Waals surface area contributed by atoms with Gasteiger partial charge in [0.1, 0.15) is 12.0 Å². The summed E-state index contributed by atoms with van der Waals surface area (Å²) in [6.45, 7) is 4.02. The summed E-state index contributed by atoms with van der Waals surface area (Å²) >= 11 is 6.21. The van der Waals surface area contributed by atoms with Gasteiger partial charge in [0.05, 0.1) is 23.2 Å². The van der Waals surface area contributed by atoms with Crippen LogP contribution in [-0.2, 0) is 0 Å². The van der Waals surface area contributed by atoms with E-state index in [9.17, 15) is 9.90 Å². The SMILES string of the molecule is Cc1ccc(C)c(-n2cnc(Cl)c2C=NNc2ccccc2C(=O)O)c1. The highest BCUT2D eigenvalue weighted by Gasteiger charge is 2.12. The highest BCUT2D eigenvalue weighted by molar-refractivity contribution is 6.31. The Hall–Kier alpha value is -3.12. The van der Waals surface area contributed by atoms with Gasteiger partial charge >= 0.3 is 5.97 Å². The molecule has 0 saturated carbocycles. The van der Waals surface area contributed by atoms with Gasteiger partial charge in [0.2, 0.25) is 0 Å². The Balaban J connectivity index is 1.92. The Morgan fingerprint density at radius 1 is 1.27 bits per heavy atom. The van der Waals surface area contributed by atoms with Crippen LogP contribution in [0.2, 0.25) is 5.15 Å². The fraction of sp³-hybridized carbons (Fsp3) is 0.105. The number of aromatic carboxylic acids is 1. The zero-order valence-electron chi connectivity index (χ0n) is 14.3. The predicted molar refractivity (Wildman–Crippen MR) is 103 cm³/mol. The standard InChI is InChI=1S/C19H17ClN4O2/c1-12-7-8-13(2)16(9-12)24-11-21-18(20)17(24)10-22-23-15-6-4-3-5-14(15)19(25)26/h3-11,23H,1-2H3,(H,25,26). The minimum absolute atomic E-state index is 0.138. The highest BCUT2D eigenvalue weighted by atomic mass is 35.5. The van der Waals surface area contributed by atoms with Gasteiger partial charge in [0.15, 0.2) is 5.15 Å². The van der Waals surface area contributed by atoms with Gasteiger partial charge in [0, 0.05) is 0 Å². The van der Waals surface area contributed by atoms with Crippen LogP contribution in [0.15, 0.2) is 53.9 Å². The second-order valence-corrected chi connectivity index (χ2v) is 6.16. The molecule has 0 bridgehead atoms. The summed E-state index contributed by atoms with van der Waals surface area (Å²) in [5, 5.41) is 13.7. The first-order chi connectivity index (χ1) is 12.5. The van der Waals surface area contributed by atoms with Gasteiger partial charge in [-0.15, -0.1) is 0 Å². The number of hydrogen-bond donors (Lipinski definition) is 2. The maximum Gasteiger partial charge on any atom is 0.337 e. The van der Waals surface area contributed by atoms with Crippen molar-refractivity contribution >= 4 is 29.5 Å². The second-order valence-electron chi connectivity index (χ2n) is 5.80.